The summed E-state index contributed by atoms with van der Waals surface area (Å²) in [7, 11) is 0. The number of amides is 1. The SMILES string of the molecule is CCC(Sc1nc(N)cc(N)n1)C(=O)Nc1ccc(C)c(Cl)c1. The number of nitrogens with two attached hydrogens (primary N) is 2. The highest BCUT2D eigenvalue weighted by Gasteiger charge is 2.20. The molecule has 1 aromatic carbocycles. The number of anilines is 3. The number of nitrogen functional groups attached to an aromatic ring is 2. The molecule has 1 amide bonds. The molecule has 1 heterocycles. The number of rotatable bonds is 5. The molecule has 5 N–H and O–H groups in total. The van der Waals surface area contributed by atoms with E-state index in [-0.39, 0.29) is 22.8 Å². The van der Waals surface area contributed by atoms with E-state index in [0.29, 0.717) is 22.3 Å². The van der Waals surface area contributed by atoms with Gasteiger partial charge in [-0.2, -0.15) is 0 Å². The van der Waals surface area contributed by atoms with Crippen LogP contribution in [0.2, 0.25) is 5.02 Å². The van der Waals surface area contributed by atoms with Gasteiger partial charge in [-0.15, -0.1) is 0 Å². The fraction of sp³-hybridized carbons (Fsp3) is 0.267. The summed E-state index contributed by atoms with van der Waals surface area (Å²) < 4.78 is 0. The fourth-order valence-electron chi connectivity index (χ4n) is 1.86. The van der Waals surface area contributed by atoms with Gasteiger partial charge in [0.15, 0.2) is 5.16 Å². The number of halogens is 1. The van der Waals surface area contributed by atoms with E-state index in [9.17, 15) is 4.79 Å². The lowest BCUT2D eigenvalue weighted by Crippen LogP contribution is -2.25. The summed E-state index contributed by atoms with van der Waals surface area (Å²) >= 11 is 7.30. The zero-order valence-corrected chi connectivity index (χ0v) is 14.4. The normalized spacial score (nSPS) is 12.0. The van der Waals surface area contributed by atoms with Crippen LogP contribution in [0, 0.1) is 6.92 Å². The molecule has 6 nitrogen and oxygen atoms in total. The zero-order chi connectivity index (χ0) is 17.0. The Hall–Kier alpha value is -1.99. The lowest BCUT2D eigenvalue weighted by molar-refractivity contribution is -0.115. The molecule has 23 heavy (non-hydrogen) atoms. The Bertz CT molecular complexity index is 705. The molecule has 0 spiro atoms. The minimum Gasteiger partial charge on any atom is -0.383 e. The van der Waals surface area contributed by atoms with Crippen molar-refractivity contribution in [2.24, 2.45) is 0 Å². The number of carbonyl (C=O) groups is 1. The molecule has 0 radical (unpaired) electrons. The molecule has 0 saturated carbocycles. The van der Waals surface area contributed by atoms with Gasteiger partial charge < -0.3 is 16.8 Å². The molecule has 2 aromatic rings. The van der Waals surface area contributed by atoms with Crippen LogP contribution in [0.25, 0.3) is 0 Å². The summed E-state index contributed by atoms with van der Waals surface area (Å²) in [6.45, 7) is 3.81. The van der Waals surface area contributed by atoms with Crippen molar-refractivity contribution >= 4 is 46.6 Å². The number of nitrogens with one attached hydrogen (secondary N) is 1. The van der Waals surface area contributed by atoms with Crippen LogP contribution in [-0.2, 0) is 4.79 Å². The molecule has 8 heteroatoms. The Morgan fingerprint density at radius 3 is 2.52 bits per heavy atom. The summed E-state index contributed by atoms with van der Waals surface area (Å²) in [5.41, 5.74) is 12.9. The number of benzene rings is 1. The number of nitrogens with zero attached hydrogens (tertiary/aromatic N) is 2. The summed E-state index contributed by atoms with van der Waals surface area (Å²) in [4.78, 5) is 20.6. The van der Waals surface area contributed by atoms with Crippen LogP contribution in [0.15, 0.2) is 29.4 Å². The van der Waals surface area contributed by atoms with Crippen LogP contribution in [0.4, 0.5) is 17.3 Å². The van der Waals surface area contributed by atoms with Crippen molar-refractivity contribution in [2.45, 2.75) is 30.7 Å². The highest BCUT2D eigenvalue weighted by Crippen LogP contribution is 2.26. The third-order valence-electron chi connectivity index (χ3n) is 3.10. The van der Waals surface area contributed by atoms with E-state index in [4.69, 9.17) is 23.1 Å². The van der Waals surface area contributed by atoms with Crippen LogP contribution in [0.3, 0.4) is 0 Å². The van der Waals surface area contributed by atoms with Crippen molar-refractivity contribution in [1.29, 1.82) is 0 Å². The average molecular weight is 352 g/mol. The molecular weight excluding hydrogens is 334 g/mol. The van der Waals surface area contributed by atoms with Crippen molar-refractivity contribution < 1.29 is 4.79 Å². The van der Waals surface area contributed by atoms with Crippen LogP contribution in [0.1, 0.15) is 18.9 Å². The van der Waals surface area contributed by atoms with Crippen molar-refractivity contribution in [3.05, 3.63) is 34.9 Å². The summed E-state index contributed by atoms with van der Waals surface area (Å²) in [5, 5.41) is 3.47. The van der Waals surface area contributed by atoms with Gasteiger partial charge in [-0.25, -0.2) is 9.97 Å². The lowest BCUT2D eigenvalue weighted by atomic mass is 10.2. The van der Waals surface area contributed by atoms with E-state index in [1.54, 1.807) is 6.07 Å². The fourth-order valence-corrected chi connectivity index (χ4v) is 2.94. The van der Waals surface area contributed by atoms with Gasteiger partial charge >= 0.3 is 0 Å². The van der Waals surface area contributed by atoms with E-state index in [0.717, 1.165) is 5.56 Å². The van der Waals surface area contributed by atoms with Gasteiger partial charge in [0, 0.05) is 16.8 Å². The second-order valence-corrected chi connectivity index (χ2v) is 6.55. The van der Waals surface area contributed by atoms with Crippen molar-refractivity contribution in [3.63, 3.8) is 0 Å². The molecule has 0 bridgehead atoms. The molecule has 0 aliphatic heterocycles. The number of hydrogen-bond donors (Lipinski definition) is 3. The average Bonchev–Trinajstić information content (AvgIpc) is 2.47. The van der Waals surface area contributed by atoms with Gasteiger partial charge in [0.2, 0.25) is 5.91 Å². The predicted octanol–water partition coefficient (Wildman–Crippen LogP) is 3.11. The molecule has 2 rings (SSSR count). The summed E-state index contributed by atoms with van der Waals surface area (Å²) in [6, 6.07) is 6.86. The molecular formula is C15H18ClN5OS. The molecule has 0 fully saturated rings. The maximum absolute atomic E-state index is 12.4. The highest BCUT2D eigenvalue weighted by molar-refractivity contribution is 8.00. The van der Waals surface area contributed by atoms with Gasteiger partial charge in [0.05, 0.1) is 5.25 Å². The smallest absolute Gasteiger partial charge is 0.237 e. The van der Waals surface area contributed by atoms with E-state index in [1.807, 2.05) is 26.0 Å². The Morgan fingerprint density at radius 1 is 1.30 bits per heavy atom. The van der Waals surface area contributed by atoms with Crippen LogP contribution in [-0.4, -0.2) is 21.1 Å². The predicted molar refractivity (Wildman–Crippen MR) is 95.6 cm³/mol. The number of aromatic nitrogens is 2. The Kier molecular flexibility index (Phi) is 5.68. The Morgan fingerprint density at radius 2 is 1.96 bits per heavy atom. The Labute approximate surface area is 144 Å². The van der Waals surface area contributed by atoms with Gasteiger partial charge in [-0.05, 0) is 31.0 Å². The monoisotopic (exact) mass is 351 g/mol. The third-order valence-corrected chi connectivity index (χ3v) is 4.73. The quantitative estimate of drug-likeness (QED) is 0.564. The standard InChI is InChI=1S/C15H18ClN5OS/c1-3-11(23-15-20-12(17)7-13(18)21-15)14(22)19-9-5-4-8(2)10(16)6-9/h4-7,11H,3H2,1-2H3,(H,19,22)(H4,17,18,20,21). The number of aryl methyl sites for hydroxylation is 1. The molecule has 122 valence electrons. The van der Waals surface area contributed by atoms with E-state index in [1.165, 1.54) is 17.8 Å². The first-order valence-electron chi connectivity index (χ1n) is 7.02. The van der Waals surface area contributed by atoms with E-state index in [2.05, 4.69) is 15.3 Å². The maximum atomic E-state index is 12.4. The minimum atomic E-state index is -0.365. The summed E-state index contributed by atoms with van der Waals surface area (Å²) in [5.74, 6) is 0.406. The minimum absolute atomic E-state index is 0.151. The van der Waals surface area contributed by atoms with Gasteiger partial charge in [-0.3, -0.25) is 4.79 Å². The van der Waals surface area contributed by atoms with Gasteiger partial charge in [0.25, 0.3) is 0 Å². The van der Waals surface area contributed by atoms with E-state index < -0.39 is 0 Å². The maximum Gasteiger partial charge on any atom is 0.237 e. The molecule has 1 aromatic heterocycles. The van der Waals surface area contributed by atoms with Gasteiger partial charge in [-0.1, -0.05) is 36.4 Å². The molecule has 0 aliphatic rings. The lowest BCUT2D eigenvalue weighted by Gasteiger charge is -2.14. The van der Waals surface area contributed by atoms with E-state index >= 15 is 0 Å². The second kappa shape index (κ2) is 7.52. The van der Waals surface area contributed by atoms with Crippen LogP contribution < -0.4 is 16.8 Å². The number of hydrogen-bond acceptors (Lipinski definition) is 6. The topological polar surface area (TPSA) is 107 Å². The molecule has 1 atom stereocenters. The van der Waals surface area contributed by atoms with Crippen molar-refractivity contribution in [1.82, 2.24) is 9.97 Å². The Balaban J connectivity index is 2.10. The molecule has 0 aliphatic carbocycles. The third kappa shape index (κ3) is 4.74. The first-order chi connectivity index (χ1) is 10.9. The second-order valence-electron chi connectivity index (χ2n) is 4.97. The van der Waals surface area contributed by atoms with Gasteiger partial charge in [0.1, 0.15) is 11.6 Å². The first kappa shape index (κ1) is 17.4. The largest absolute Gasteiger partial charge is 0.383 e. The highest BCUT2D eigenvalue weighted by atomic mass is 35.5. The number of carbonyl (C=O) groups excluding carboxylic acids is 1. The molecule has 1 unspecified atom stereocenters. The zero-order valence-electron chi connectivity index (χ0n) is 12.8. The molecule has 0 saturated heterocycles. The van der Waals surface area contributed by atoms with Crippen LogP contribution >= 0.6 is 23.4 Å². The first-order valence-corrected chi connectivity index (χ1v) is 8.28. The number of thioether (sulfide) groups is 1. The van der Waals surface area contributed by atoms with Crippen LogP contribution in [0.5, 0.6) is 0 Å². The van der Waals surface area contributed by atoms with Crippen molar-refractivity contribution in [3.8, 4) is 0 Å². The van der Waals surface area contributed by atoms with Crippen molar-refractivity contribution in [2.75, 3.05) is 16.8 Å². The summed E-state index contributed by atoms with van der Waals surface area (Å²) in [6.07, 6.45) is 0.605.